The van der Waals surface area contributed by atoms with Crippen LogP contribution in [-0.4, -0.2) is 18.0 Å². The number of aromatic nitrogens is 1. The fourth-order valence-corrected chi connectivity index (χ4v) is 4.64. The second-order valence-electron chi connectivity index (χ2n) is 7.63. The summed E-state index contributed by atoms with van der Waals surface area (Å²) in [5, 5.41) is 0.630. The van der Waals surface area contributed by atoms with Crippen LogP contribution in [0.1, 0.15) is 5.56 Å². The van der Waals surface area contributed by atoms with Crippen molar-refractivity contribution in [2.24, 2.45) is 0 Å². The minimum Gasteiger partial charge on any atom is -0.497 e. The van der Waals surface area contributed by atoms with Crippen molar-refractivity contribution in [3.05, 3.63) is 109 Å². The lowest BCUT2D eigenvalue weighted by Crippen LogP contribution is -2.27. The van der Waals surface area contributed by atoms with Gasteiger partial charge in [0.25, 0.3) is 0 Å². The summed E-state index contributed by atoms with van der Waals surface area (Å²) in [6.45, 7) is 0. The monoisotopic (exact) mass is 466 g/mol. The Morgan fingerprint density at radius 1 is 0.824 bits per heavy atom. The number of fused-ring (bicyclic) bond motifs is 1. The number of methoxy groups -OCH3 is 1. The zero-order valence-electron chi connectivity index (χ0n) is 18.5. The van der Waals surface area contributed by atoms with E-state index in [0.717, 1.165) is 33.0 Å². The van der Waals surface area contributed by atoms with Crippen molar-refractivity contribution in [1.29, 1.82) is 0 Å². The maximum absolute atomic E-state index is 13.6. The van der Waals surface area contributed by atoms with Gasteiger partial charge in [-0.25, -0.2) is 4.98 Å². The molecule has 1 amide bonds. The van der Waals surface area contributed by atoms with Crippen LogP contribution in [0.25, 0.3) is 10.2 Å². The van der Waals surface area contributed by atoms with E-state index in [1.165, 1.54) is 11.3 Å². The number of para-hydroxylation sites is 2. The molecule has 4 aromatic carbocycles. The van der Waals surface area contributed by atoms with Crippen LogP contribution in [0.5, 0.6) is 17.2 Å². The molecule has 0 unspecified atom stereocenters. The largest absolute Gasteiger partial charge is 0.497 e. The molecule has 1 aromatic heterocycles. The molecule has 0 saturated carbocycles. The average Bonchev–Trinajstić information content (AvgIpc) is 3.29. The van der Waals surface area contributed by atoms with Crippen LogP contribution < -0.4 is 14.4 Å². The fraction of sp³-hybridized carbons (Fsp3) is 0.0714. The molecule has 0 aliphatic rings. The lowest BCUT2D eigenvalue weighted by molar-refractivity contribution is -0.117. The summed E-state index contributed by atoms with van der Waals surface area (Å²) in [5.74, 6) is 2.09. The summed E-state index contributed by atoms with van der Waals surface area (Å²) in [6.07, 6.45) is 0.218. The maximum Gasteiger partial charge on any atom is 0.237 e. The third kappa shape index (κ3) is 4.77. The zero-order chi connectivity index (χ0) is 23.3. The molecule has 6 heteroatoms. The van der Waals surface area contributed by atoms with Crippen molar-refractivity contribution in [3.8, 4) is 17.2 Å². The number of ether oxygens (including phenoxy) is 2. The lowest BCUT2D eigenvalue weighted by Gasteiger charge is -2.20. The molecule has 1 heterocycles. The van der Waals surface area contributed by atoms with Crippen LogP contribution in [0, 0.1) is 0 Å². The topological polar surface area (TPSA) is 51.7 Å². The first-order valence-corrected chi connectivity index (χ1v) is 11.7. The third-order valence-electron chi connectivity index (χ3n) is 5.29. The van der Waals surface area contributed by atoms with Crippen molar-refractivity contribution in [2.75, 3.05) is 12.0 Å². The van der Waals surface area contributed by atoms with Gasteiger partial charge in [0, 0.05) is 0 Å². The molecule has 0 fully saturated rings. The molecule has 0 radical (unpaired) electrons. The molecule has 0 N–H and O–H groups in total. The molecule has 0 atom stereocenters. The van der Waals surface area contributed by atoms with Crippen LogP contribution >= 0.6 is 11.3 Å². The highest BCUT2D eigenvalue weighted by atomic mass is 32.1. The van der Waals surface area contributed by atoms with Gasteiger partial charge in [-0.2, -0.15) is 0 Å². The van der Waals surface area contributed by atoms with Gasteiger partial charge in [-0.1, -0.05) is 53.8 Å². The summed E-state index contributed by atoms with van der Waals surface area (Å²) in [6, 6.07) is 32.5. The van der Waals surface area contributed by atoms with Gasteiger partial charge in [-0.3, -0.25) is 9.69 Å². The first-order valence-electron chi connectivity index (χ1n) is 10.8. The summed E-state index contributed by atoms with van der Waals surface area (Å²) in [7, 11) is 1.62. The Kier molecular flexibility index (Phi) is 6.23. The van der Waals surface area contributed by atoms with E-state index in [-0.39, 0.29) is 12.3 Å². The molecule has 0 spiro atoms. The second-order valence-corrected chi connectivity index (χ2v) is 8.64. The molecular formula is C28H22N2O3S. The maximum atomic E-state index is 13.6. The van der Waals surface area contributed by atoms with Crippen molar-refractivity contribution >= 4 is 38.3 Å². The van der Waals surface area contributed by atoms with Gasteiger partial charge in [-0.15, -0.1) is 0 Å². The molecule has 0 aliphatic heterocycles. The predicted octanol–water partition coefficient (Wildman–Crippen LogP) is 7.00. The van der Waals surface area contributed by atoms with E-state index in [1.807, 2.05) is 103 Å². The number of hydrogen-bond acceptors (Lipinski definition) is 5. The predicted molar refractivity (Wildman–Crippen MR) is 136 cm³/mol. The van der Waals surface area contributed by atoms with Gasteiger partial charge >= 0.3 is 0 Å². The lowest BCUT2D eigenvalue weighted by atomic mass is 10.1. The molecule has 5 aromatic rings. The number of thiazole rings is 1. The standard InChI is InChI=1S/C28H22N2O3S/c1-32-24-11-7-8-20(18-24)19-27(31)30(28-29-25-12-5-6-13-26(25)34-28)21-14-16-23(17-15-21)33-22-9-3-2-4-10-22/h2-18H,19H2,1H3. The van der Waals surface area contributed by atoms with Crippen LogP contribution in [0.15, 0.2) is 103 Å². The van der Waals surface area contributed by atoms with Gasteiger partial charge in [0.1, 0.15) is 17.2 Å². The number of rotatable bonds is 7. The Labute approximate surface area is 201 Å². The molecule has 0 saturated heterocycles. The normalized spacial score (nSPS) is 10.7. The SMILES string of the molecule is COc1cccc(CC(=O)N(c2ccc(Oc3ccccc3)cc2)c2nc3ccccc3s2)c1. The fourth-order valence-electron chi connectivity index (χ4n) is 3.64. The highest BCUT2D eigenvalue weighted by Gasteiger charge is 2.22. The van der Waals surface area contributed by atoms with Gasteiger partial charge in [-0.05, 0) is 66.2 Å². The van der Waals surface area contributed by atoms with Gasteiger partial charge in [0.15, 0.2) is 5.13 Å². The van der Waals surface area contributed by atoms with Crippen molar-refractivity contribution in [2.45, 2.75) is 6.42 Å². The summed E-state index contributed by atoms with van der Waals surface area (Å²) in [4.78, 5) is 20.0. The highest BCUT2D eigenvalue weighted by Crippen LogP contribution is 2.35. The number of anilines is 2. The molecule has 5 nitrogen and oxygen atoms in total. The zero-order valence-corrected chi connectivity index (χ0v) is 19.4. The van der Waals surface area contributed by atoms with E-state index in [0.29, 0.717) is 10.9 Å². The number of amides is 1. The minimum absolute atomic E-state index is 0.0796. The van der Waals surface area contributed by atoms with Crippen LogP contribution in [-0.2, 0) is 11.2 Å². The van der Waals surface area contributed by atoms with Gasteiger partial charge in [0.05, 0.1) is 29.4 Å². The first-order chi connectivity index (χ1) is 16.7. The molecule has 5 rings (SSSR count). The van der Waals surface area contributed by atoms with Crippen molar-refractivity contribution in [3.63, 3.8) is 0 Å². The quantitative estimate of drug-likeness (QED) is 0.259. The van der Waals surface area contributed by atoms with Crippen LogP contribution in [0.3, 0.4) is 0 Å². The molecule has 34 heavy (non-hydrogen) atoms. The van der Waals surface area contributed by atoms with Gasteiger partial charge in [0.2, 0.25) is 5.91 Å². The Bertz CT molecular complexity index is 1380. The van der Waals surface area contributed by atoms with E-state index in [1.54, 1.807) is 12.0 Å². The Morgan fingerprint density at radius 2 is 1.53 bits per heavy atom. The van der Waals surface area contributed by atoms with E-state index >= 15 is 0 Å². The van der Waals surface area contributed by atoms with E-state index in [4.69, 9.17) is 14.5 Å². The number of carbonyl (C=O) groups is 1. The highest BCUT2D eigenvalue weighted by molar-refractivity contribution is 7.22. The Morgan fingerprint density at radius 3 is 2.29 bits per heavy atom. The summed E-state index contributed by atoms with van der Waals surface area (Å²) < 4.78 is 12.3. The average molecular weight is 467 g/mol. The molecule has 0 aliphatic carbocycles. The Hall–Kier alpha value is -4.16. The number of nitrogens with zero attached hydrogens (tertiary/aromatic N) is 2. The first kappa shape index (κ1) is 21.7. The van der Waals surface area contributed by atoms with E-state index in [2.05, 4.69) is 0 Å². The van der Waals surface area contributed by atoms with Gasteiger partial charge < -0.3 is 9.47 Å². The van der Waals surface area contributed by atoms with E-state index in [9.17, 15) is 4.79 Å². The molecule has 0 bridgehead atoms. The van der Waals surface area contributed by atoms with Crippen molar-refractivity contribution < 1.29 is 14.3 Å². The molecular weight excluding hydrogens is 444 g/mol. The smallest absolute Gasteiger partial charge is 0.237 e. The minimum atomic E-state index is -0.0796. The van der Waals surface area contributed by atoms with E-state index < -0.39 is 0 Å². The summed E-state index contributed by atoms with van der Waals surface area (Å²) >= 11 is 1.49. The molecule has 168 valence electrons. The third-order valence-corrected chi connectivity index (χ3v) is 6.31. The number of benzene rings is 4. The van der Waals surface area contributed by atoms with Crippen molar-refractivity contribution in [1.82, 2.24) is 4.98 Å². The summed E-state index contributed by atoms with van der Waals surface area (Å²) in [5.41, 5.74) is 2.47. The number of carbonyl (C=O) groups excluding carboxylic acids is 1. The second kappa shape index (κ2) is 9.77. The van der Waals surface area contributed by atoms with Crippen LogP contribution in [0.2, 0.25) is 0 Å². The van der Waals surface area contributed by atoms with Crippen LogP contribution in [0.4, 0.5) is 10.8 Å². The number of hydrogen-bond donors (Lipinski definition) is 0. The Balaban J connectivity index is 1.47.